The lowest BCUT2D eigenvalue weighted by atomic mass is 10.4. The van der Waals surface area contributed by atoms with E-state index < -0.39 is 0 Å². The van der Waals surface area contributed by atoms with Crippen molar-refractivity contribution in [1.29, 1.82) is 0 Å². The number of hydrogen-bond donors (Lipinski definition) is 1. The van der Waals surface area contributed by atoms with Crippen LogP contribution in [0.4, 0.5) is 5.95 Å². The van der Waals surface area contributed by atoms with Crippen LogP contribution in [0.25, 0.3) is 11.2 Å². The summed E-state index contributed by atoms with van der Waals surface area (Å²) in [5.41, 5.74) is 9.31. The van der Waals surface area contributed by atoms with E-state index in [9.17, 15) is 0 Å². The molecule has 0 amide bonds. The first kappa shape index (κ1) is 9.29. The molecule has 0 aromatic carbocycles. The van der Waals surface area contributed by atoms with Crippen molar-refractivity contribution in [2.75, 3.05) is 5.73 Å². The van der Waals surface area contributed by atoms with Crippen molar-refractivity contribution in [1.82, 2.24) is 19.5 Å². The summed E-state index contributed by atoms with van der Waals surface area (Å²) >= 11 is 1.60. The predicted octanol–water partition coefficient (Wildman–Crippen LogP) is 1.52. The third kappa shape index (κ3) is 1.43. The Kier molecular flexibility index (Phi) is 2.07. The van der Waals surface area contributed by atoms with Crippen LogP contribution in [-0.4, -0.2) is 19.5 Å². The van der Waals surface area contributed by atoms with E-state index in [1.54, 1.807) is 23.0 Å². The molecule has 3 heterocycles. The highest BCUT2D eigenvalue weighted by molar-refractivity contribution is 7.09. The molecule has 16 heavy (non-hydrogen) atoms. The Labute approximate surface area is 95.6 Å². The lowest BCUT2D eigenvalue weighted by molar-refractivity contribution is 0.839. The molecule has 0 aliphatic carbocycles. The fraction of sp³-hybridized carbons (Fsp3) is 0.100. The number of nitrogens with zero attached hydrogens (tertiary/aromatic N) is 4. The summed E-state index contributed by atoms with van der Waals surface area (Å²) in [6, 6.07) is 3.76. The zero-order chi connectivity index (χ0) is 11.0. The first-order valence-corrected chi connectivity index (χ1v) is 5.66. The second-order valence-electron chi connectivity index (χ2n) is 3.37. The number of rotatable bonds is 2. The van der Waals surface area contributed by atoms with Crippen LogP contribution in [0.1, 0.15) is 4.88 Å². The van der Waals surface area contributed by atoms with Gasteiger partial charge in [0.05, 0.1) is 12.1 Å². The first-order chi connectivity index (χ1) is 7.84. The van der Waals surface area contributed by atoms with E-state index in [0.29, 0.717) is 12.5 Å². The third-order valence-corrected chi connectivity index (χ3v) is 3.10. The van der Waals surface area contributed by atoms with Gasteiger partial charge in [-0.1, -0.05) is 0 Å². The van der Waals surface area contributed by atoms with Gasteiger partial charge in [-0.2, -0.15) is 0 Å². The molecular weight excluding hydrogens is 222 g/mol. The third-order valence-electron chi connectivity index (χ3n) is 2.33. The highest BCUT2D eigenvalue weighted by Gasteiger charge is 2.09. The van der Waals surface area contributed by atoms with E-state index in [1.807, 2.05) is 22.9 Å². The molecule has 0 spiro atoms. The number of hydrogen-bond acceptors (Lipinski definition) is 5. The van der Waals surface area contributed by atoms with Gasteiger partial charge in [-0.25, -0.2) is 9.97 Å². The molecule has 5 nitrogen and oxygen atoms in total. The number of fused-ring (bicyclic) bond motifs is 1. The van der Waals surface area contributed by atoms with E-state index in [2.05, 4.69) is 15.0 Å². The molecule has 0 saturated carbocycles. The van der Waals surface area contributed by atoms with Gasteiger partial charge in [-0.15, -0.1) is 11.3 Å². The molecule has 3 aromatic heterocycles. The number of nitrogens with two attached hydrogens (primary N) is 1. The van der Waals surface area contributed by atoms with Crippen molar-refractivity contribution in [3.05, 3.63) is 34.9 Å². The summed E-state index contributed by atoms with van der Waals surface area (Å²) in [6.45, 7) is 0.671. The van der Waals surface area contributed by atoms with Gasteiger partial charge in [0.2, 0.25) is 5.95 Å². The van der Waals surface area contributed by atoms with Crippen LogP contribution in [0.3, 0.4) is 0 Å². The molecule has 0 aliphatic rings. The Morgan fingerprint density at radius 1 is 1.44 bits per heavy atom. The number of thiazole rings is 1. The molecular formula is C10H9N5S. The summed E-state index contributed by atoms with van der Waals surface area (Å²) in [6.07, 6.45) is 3.57. The summed E-state index contributed by atoms with van der Waals surface area (Å²) in [5, 5.41) is 0. The normalized spacial score (nSPS) is 11.0. The second kappa shape index (κ2) is 3.57. The van der Waals surface area contributed by atoms with Crippen molar-refractivity contribution < 1.29 is 0 Å². The number of aromatic nitrogens is 4. The lowest BCUT2D eigenvalue weighted by Crippen LogP contribution is -2.04. The summed E-state index contributed by atoms with van der Waals surface area (Å²) < 4.78 is 1.89. The maximum absolute atomic E-state index is 5.87. The smallest absolute Gasteiger partial charge is 0.202 e. The van der Waals surface area contributed by atoms with E-state index in [0.717, 1.165) is 16.0 Å². The standard InChI is InChI=1S/C10H9N5S/c11-10-14-8-2-1-3-13-9(8)15(10)5-7-4-12-6-16-7/h1-4,6H,5H2,(H2,11,14). The minimum Gasteiger partial charge on any atom is -0.369 e. The van der Waals surface area contributed by atoms with Crippen LogP contribution in [0.2, 0.25) is 0 Å². The van der Waals surface area contributed by atoms with Crippen molar-refractivity contribution in [2.24, 2.45) is 0 Å². The number of pyridine rings is 1. The number of anilines is 1. The van der Waals surface area contributed by atoms with Gasteiger partial charge in [-0.05, 0) is 12.1 Å². The molecule has 3 rings (SSSR count). The van der Waals surface area contributed by atoms with Crippen LogP contribution >= 0.6 is 11.3 Å². The monoisotopic (exact) mass is 231 g/mol. The molecule has 0 bridgehead atoms. The SMILES string of the molecule is Nc1nc2cccnc2n1Cc1cncs1. The average Bonchev–Trinajstić information content (AvgIpc) is 2.89. The molecule has 0 saturated heterocycles. The van der Waals surface area contributed by atoms with E-state index in [1.165, 1.54) is 0 Å². The fourth-order valence-electron chi connectivity index (χ4n) is 1.61. The number of nitrogen functional groups attached to an aromatic ring is 1. The van der Waals surface area contributed by atoms with Crippen LogP contribution in [0, 0.1) is 0 Å². The molecule has 6 heteroatoms. The Balaban J connectivity index is 2.12. The maximum atomic E-state index is 5.87. The summed E-state index contributed by atoms with van der Waals surface area (Å²) in [4.78, 5) is 13.7. The minimum atomic E-state index is 0.488. The molecule has 2 N–H and O–H groups in total. The first-order valence-electron chi connectivity index (χ1n) is 4.78. The van der Waals surface area contributed by atoms with Gasteiger partial charge >= 0.3 is 0 Å². The van der Waals surface area contributed by atoms with Gasteiger partial charge in [-0.3, -0.25) is 9.55 Å². The molecule has 3 aromatic rings. The van der Waals surface area contributed by atoms with E-state index in [4.69, 9.17) is 5.73 Å². The zero-order valence-electron chi connectivity index (χ0n) is 8.37. The Hall–Kier alpha value is -1.95. The molecule has 0 atom stereocenters. The molecule has 0 fully saturated rings. The van der Waals surface area contributed by atoms with Crippen molar-refractivity contribution >= 4 is 28.4 Å². The van der Waals surface area contributed by atoms with E-state index in [-0.39, 0.29) is 0 Å². The highest BCUT2D eigenvalue weighted by atomic mass is 32.1. The van der Waals surface area contributed by atoms with Crippen LogP contribution < -0.4 is 5.73 Å². The van der Waals surface area contributed by atoms with Gasteiger partial charge < -0.3 is 5.73 Å². The van der Waals surface area contributed by atoms with Gasteiger partial charge in [0.1, 0.15) is 5.52 Å². The lowest BCUT2D eigenvalue weighted by Gasteiger charge is -2.02. The van der Waals surface area contributed by atoms with Gasteiger partial charge in [0.15, 0.2) is 5.65 Å². The molecule has 80 valence electrons. The van der Waals surface area contributed by atoms with Crippen molar-refractivity contribution in [3.63, 3.8) is 0 Å². The summed E-state index contributed by atoms with van der Waals surface area (Å²) in [7, 11) is 0. The molecule has 0 radical (unpaired) electrons. The average molecular weight is 231 g/mol. The quantitative estimate of drug-likeness (QED) is 0.726. The van der Waals surface area contributed by atoms with Crippen molar-refractivity contribution in [2.45, 2.75) is 6.54 Å². The Morgan fingerprint density at radius 2 is 2.38 bits per heavy atom. The zero-order valence-corrected chi connectivity index (χ0v) is 9.18. The predicted molar refractivity (Wildman–Crippen MR) is 63.2 cm³/mol. The van der Waals surface area contributed by atoms with Crippen LogP contribution in [0.15, 0.2) is 30.0 Å². The molecule has 0 aliphatic heterocycles. The topological polar surface area (TPSA) is 69.6 Å². The summed E-state index contributed by atoms with van der Waals surface area (Å²) in [5.74, 6) is 0.488. The minimum absolute atomic E-state index is 0.488. The van der Waals surface area contributed by atoms with Gasteiger partial charge in [0.25, 0.3) is 0 Å². The Bertz CT molecular complexity index is 613. The van der Waals surface area contributed by atoms with Gasteiger partial charge in [0, 0.05) is 17.3 Å². The van der Waals surface area contributed by atoms with E-state index >= 15 is 0 Å². The maximum Gasteiger partial charge on any atom is 0.202 e. The van der Waals surface area contributed by atoms with Crippen LogP contribution in [-0.2, 0) is 6.54 Å². The van der Waals surface area contributed by atoms with Crippen molar-refractivity contribution in [3.8, 4) is 0 Å². The second-order valence-corrected chi connectivity index (χ2v) is 4.34. The van der Waals surface area contributed by atoms with Crippen LogP contribution in [0.5, 0.6) is 0 Å². The molecule has 0 unspecified atom stereocenters. The highest BCUT2D eigenvalue weighted by Crippen LogP contribution is 2.18. The largest absolute Gasteiger partial charge is 0.369 e. The fourth-order valence-corrected chi connectivity index (χ4v) is 2.19. The Morgan fingerprint density at radius 3 is 3.19 bits per heavy atom. The number of imidazole rings is 1.